The Morgan fingerprint density at radius 1 is 1.24 bits per heavy atom. The van der Waals surface area contributed by atoms with Crippen LogP contribution in [0.25, 0.3) is 0 Å². The topological polar surface area (TPSA) is 55.4 Å². The van der Waals surface area contributed by atoms with E-state index in [0.29, 0.717) is 26.2 Å². The summed E-state index contributed by atoms with van der Waals surface area (Å²) in [6.45, 7) is 3.73. The lowest BCUT2D eigenvalue weighted by molar-refractivity contribution is 0.0784. The molecule has 1 fully saturated rings. The Balaban J connectivity index is 2.06. The fourth-order valence-corrected chi connectivity index (χ4v) is 4.96. The number of rotatable bonds is 7. The minimum Gasteiger partial charge on any atom is -0.381 e. The SMILES string of the molecule is CCCS(=O)(=O)NCC1(Sc2ccccc2)CCOCC1. The number of hydrogen-bond acceptors (Lipinski definition) is 4. The van der Waals surface area contributed by atoms with Crippen molar-refractivity contribution in [3.63, 3.8) is 0 Å². The predicted molar refractivity (Wildman–Crippen MR) is 87.2 cm³/mol. The zero-order valence-corrected chi connectivity index (χ0v) is 14.0. The highest BCUT2D eigenvalue weighted by atomic mass is 32.2. The van der Waals surface area contributed by atoms with Crippen LogP contribution in [0.4, 0.5) is 0 Å². The van der Waals surface area contributed by atoms with Gasteiger partial charge in [0.15, 0.2) is 0 Å². The lowest BCUT2D eigenvalue weighted by Gasteiger charge is -2.36. The third-order valence-electron chi connectivity index (χ3n) is 3.57. The molecule has 4 nitrogen and oxygen atoms in total. The van der Waals surface area contributed by atoms with E-state index in [1.54, 1.807) is 11.8 Å². The summed E-state index contributed by atoms with van der Waals surface area (Å²) in [6.07, 6.45) is 2.36. The maximum Gasteiger partial charge on any atom is 0.211 e. The van der Waals surface area contributed by atoms with E-state index in [2.05, 4.69) is 16.9 Å². The molecule has 1 aliphatic heterocycles. The van der Waals surface area contributed by atoms with Crippen LogP contribution in [-0.4, -0.2) is 38.7 Å². The van der Waals surface area contributed by atoms with E-state index in [9.17, 15) is 8.42 Å². The van der Waals surface area contributed by atoms with E-state index < -0.39 is 10.0 Å². The Bertz CT molecular complexity index is 525. The average Bonchev–Trinajstić information content (AvgIpc) is 2.48. The summed E-state index contributed by atoms with van der Waals surface area (Å²) in [5.41, 5.74) is 0. The summed E-state index contributed by atoms with van der Waals surface area (Å²) in [5.74, 6) is 0.190. The highest BCUT2D eigenvalue weighted by molar-refractivity contribution is 8.00. The molecule has 1 saturated heterocycles. The molecule has 0 amide bonds. The second kappa shape index (κ2) is 7.63. The van der Waals surface area contributed by atoms with E-state index in [1.165, 1.54) is 4.90 Å². The molecule has 1 aliphatic rings. The minimum absolute atomic E-state index is 0.111. The molecule has 1 N–H and O–H groups in total. The lowest BCUT2D eigenvalue weighted by Crippen LogP contribution is -2.44. The highest BCUT2D eigenvalue weighted by Crippen LogP contribution is 2.40. The van der Waals surface area contributed by atoms with Crippen molar-refractivity contribution in [1.82, 2.24) is 4.72 Å². The maximum absolute atomic E-state index is 11.9. The molecule has 0 aliphatic carbocycles. The number of benzene rings is 1. The Labute approximate surface area is 131 Å². The molecule has 6 heteroatoms. The second-order valence-corrected chi connectivity index (χ2v) is 8.82. The van der Waals surface area contributed by atoms with Gasteiger partial charge in [0.25, 0.3) is 0 Å². The third-order valence-corrected chi connectivity index (χ3v) is 6.59. The van der Waals surface area contributed by atoms with Crippen molar-refractivity contribution in [2.75, 3.05) is 25.5 Å². The quantitative estimate of drug-likeness (QED) is 0.835. The lowest BCUT2D eigenvalue weighted by atomic mass is 9.99. The molecule has 1 aromatic rings. The first kappa shape index (κ1) is 16.8. The summed E-state index contributed by atoms with van der Waals surface area (Å²) in [7, 11) is -3.17. The minimum atomic E-state index is -3.17. The standard InChI is InChI=1S/C15H23NO3S2/c1-2-12-21(17,18)16-13-15(8-10-19-11-9-15)20-14-6-4-3-5-7-14/h3-7,16H,2,8-13H2,1H3. The van der Waals surface area contributed by atoms with Crippen LogP contribution in [0, 0.1) is 0 Å². The van der Waals surface area contributed by atoms with Crippen LogP contribution in [-0.2, 0) is 14.8 Å². The molecule has 1 heterocycles. The van der Waals surface area contributed by atoms with Crippen LogP contribution in [0.2, 0.25) is 0 Å². The van der Waals surface area contributed by atoms with Gasteiger partial charge in [0.1, 0.15) is 0 Å². The fourth-order valence-electron chi connectivity index (χ4n) is 2.38. The summed E-state index contributed by atoms with van der Waals surface area (Å²) >= 11 is 1.76. The van der Waals surface area contributed by atoms with Gasteiger partial charge >= 0.3 is 0 Å². The molecule has 1 aromatic carbocycles. The summed E-state index contributed by atoms with van der Waals surface area (Å²) in [4.78, 5) is 1.18. The first-order valence-electron chi connectivity index (χ1n) is 7.34. The molecule has 0 saturated carbocycles. The third kappa shape index (κ3) is 5.29. The van der Waals surface area contributed by atoms with Crippen molar-refractivity contribution in [2.45, 2.75) is 35.8 Å². The summed E-state index contributed by atoms with van der Waals surface area (Å²) < 4.78 is 32.0. The molecule has 2 rings (SSSR count). The molecule has 21 heavy (non-hydrogen) atoms. The molecular weight excluding hydrogens is 306 g/mol. The smallest absolute Gasteiger partial charge is 0.211 e. The van der Waals surface area contributed by atoms with Gasteiger partial charge in [0, 0.05) is 29.4 Å². The fraction of sp³-hybridized carbons (Fsp3) is 0.600. The van der Waals surface area contributed by atoms with E-state index in [4.69, 9.17) is 4.74 Å². The second-order valence-electron chi connectivity index (χ2n) is 5.35. The molecule has 0 bridgehead atoms. The van der Waals surface area contributed by atoms with E-state index >= 15 is 0 Å². The number of thioether (sulfide) groups is 1. The summed E-state index contributed by atoms with van der Waals surface area (Å²) in [5, 5.41) is 0. The van der Waals surface area contributed by atoms with E-state index in [1.807, 2.05) is 25.1 Å². The van der Waals surface area contributed by atoms with Gasteiger partial charge in [-0.05, 0) is 31.4 Å². The van der Waals surface area contributed by atoms with Gasteiger partial charge in [-0.15, -0.1) is 11.8 Å². The molecule has 0 spiro atoms. The van der Waals surface area contributed by atoms with Gasteiger partial charge in [-0.2, -0.15) is 0 Å². The highest BCUT2D eigenvalue weighted by Gasteiger charge is 2.34. The van der Waals surface area contributed by atoms with Crippen LogP contribution in [0.15, 0.2) is 35.2 Å². The van der Waals surface area contributed by atoms with Crippen molar-refractivity contribution in [2.24, 2.45) is 0 Å². The van der Waals surface area contributed by atoms with Crippen molar-refractivity contribution in [1.29, 1.82) is 0 Å². The van der Waals surface area contributed by atoms with Crippen molar-refractivity contribution in [3.05, 3.63) is 30.3 Å². The Morgan fingerprint density at radius 3 is 2.52 bits per heavy atom. The number of nitrogens with one attached hydrogen (secondary N) is 1. The first-order chi connectivity index (χ1) is 10.1. The van der Waals surface area contributed by atoms with Gasteiger partial charge in [0.05, 0.1) is 5.75 Å². The van der Waals surface area contributed by atoms with E-state index in [0.717, 1.165) is 12.8 Å². The first-order valence-corrected chi connectivity index (χ1v) is 9.81. The van der Waals surface area contributed by atoms with E-state index in [-0.39, 0.29) is 10.5 Å². The Morgan fingerprint density at radius 2 is 1.90 bits per heavy atom. The number of ether oxygens (including phenoxy) is 1. The molecular formula is C15H23NO3S2. The predicted octanol–water partition coefficient (Wildman–Crippen LogP) is 2.66. The van der Waals surface area contributed by atoms with Gasteiger partial charge in [-0.1, -0.05) is 25.1 Å². The summed E-state index contributed by atoms with van der Waals surface area (Å²) in [6, 6.07) is 10.2. The molecule has 0 atom stereocenters. The molecule has 0 radical (unpaired) electrons. The zero-order chi connectivity index (χ0) is 15.2. The van der Waals surface area contributed by atoms with Crippen LogP contribution in [0.5, 0.6) is 0 Å². The van der Waals surface area contributed by atoms with Crippen LogP contribution < -0.4 is 4.72 Å². The van der Waals surface area contributed by atoms with Crippen molar-refractivity contribution < 1.29 is 13.2 Å². The van der Waals surface area contributed by atoms with Crippen molar-refractivity contribution >= 4 is 21.8 Å². The molecule has 0 aromatic heterocycles. The monoisotopic (exact) mass is 329 g/mol. The molecule has 118 valence electrons. The van der Waals surface area contributed by atoms with Gasteiger partial charge < -0.3 is 4.74 Å². The van der Waals surface area contributed by atoms with Gasteiger partial charge in [-0.25, -0.2) is 13.1 Å². The number of sulfonamides is 1. The van der Waals surface area contributed by atoms with Crippen LogP contribution >= 0.6 is 11.8 Å². The normalized spacial score (nSPS) is 18.5. The van der Waals surface area contributed by atoms with Gasteiger partial charge in [-0.3, -0.25) is 0 Å². The van der Waals surface area contributed by atoms with Crippen LogP contribution in [0.3, 0.4) is 0 Å². The van der Waals surface area contributed by atoms with Gasteiger partial charge in [0.2, 0.25) is 10.0 Å². The van der Waals surface area contributed by atoms with Crippen molar-refractivity contribution in [3.8, 4) is 0 Å². The average molecular weight is 329 g/mol. The van der Waals surface area contributed by atoms with Crippen LogP contribution in [0.1, 0.15) is 26.2 Å². The maximum atomic E-state index is 11.9. The molecule has 0 unspecified atom stereocenters. The Kier molecular flexibility index (Phi) is 6.10. The largest absolute Gasteiger partial charge is 0.381 e. The number of hydrogen-bond donors (Lipinski definition) is 1. The zero-order valence-electron chi connectivity index (χ0n) is 12.4. The Hall–Kier alpha value is -0.560.